The molecule has 1 aliphatic rings. The van der Waals surface area contributed by atoms with Gasteiger partial charge < -0.3 is 0 Å². The zero-order valence-electron chi connectivity index (χ0n) is 9.46. The van der Waals surface area contributed by atoms with Gasteiger partial charge in [-0.05, 0) is 35.7 Å². The first kappa shape index (κ1) is 9.76. The summed E-state index contributed by atoms with van der Waals surface area (Å²) in [6, 6.07) is 10.9. The summed E-state index contributed by atoms with van der Waals surface area (Å²) in [5, 5.41) is 0. The number of rotatable bonds is 1. The van der Waals surface area contributed by atoms with E-state index < -0.39 is 0 Å². The van der Waals surface area contributed by atoms with Crippen molar-refractivity contribution >= 4 is 0 Å². The predicted molar refractivity (Wildman–Crippen MR) is 61.4 cm³/mol. The van der Waals surface area contributed by atoms with Crippen molar-refractivity contribution in [2.24, 2.45) is 11.3 Å². The lowest BCUT2D eigenvalue weighted by atomic mass is 9.61. The Bertz CT molecular complexity index is 286. The molecule has 1 aliphatic carbocycles. The summed E-state index contributed by atoms with van der Waals surface area (Å²) >= 11 is 0. The van der Waals surface area contributed by atoms with E-state index >= 15 is 0 Å². The summed E-state index contributed by atoms with van der Waals surface area (Å²) in [5.41, 5.74) is 2.04. The topological polar surface area (TPSA) is 0 Å². The fraction of sp³-hybridized carbons (Fsp3) is 0.571. The molecule has 76 valence electrons. The van der Waals surface area contributed by atoms with Crippen LogP contribution in [0, 0.1) is 11.3 Å². The third-order valence-electron chi connectivity index (χ3n) is 3.63. The summed E-state index contributed by atoms with van der Waals surface area (Å²) in [6.45, 7) is 7.08. The fourth-order valence-electron chi connectivity index (χ4n) is 2.32. The molecule has 1 saturated carbocycles. The molecule has 0 aliphatic heterocycles. The maximum absolute atomic E-state index is 2.36. The highest BCUT2D eigenvalue weighted by atomic mass is 14.4. The third-order valence-corrected chi connectivity index (χ3v) is 3.63. The lowest BCUT2D eigenvalue weighted by molar-refractivity contribution is 0.115. The Labute approximate surface area is 87.3 Å². The second-order valence-corrected chi connectivity index (χ2v) is 5.64. The minimum absolute atomic E-state index is 0.505. The van der Waals surface area contributed by atoms with E-state index in [1.165, 1.54) is 18.4 Å². The lowest BCUT2D eigenvalue weighted by Crippen LogP contribution is -2.32. The highest BCUT2D eigenvalue weighted by molar-refractivity contribution is 5.22. The molecule has 0 saturated heterocycles. The molecule has 2 rings (SSSR count). The highest BCUT2D eigenvalue weighted by Gasteiger charge is 2.37. The van der Waals surface area contributed by atoms with E-state index in [1.807, 2.05) is 0 Å². The Kier molecular flexibility index (Phi) is 2.38. The molecule has 0 amide bonds. The molecule has 0 unspecified atom stereocenters. The summed E-state index contributed by atoms with van der Waals surface area (Å²) in [5.74, 6) is 1.76. The van der Waals surface area contributed by atoms with Gasteiger partial charge in [0.1, 0.15) is 0 Å². The summed E-state index contributed by atoms with van der Waals surface area (Å²) in [6.07, 6.45) is 2.76. The van der Waals surface area contributed by atoms with Gasteiger partial charge in [0.25, 0.3) is 0 Å². The quantitative estimate of drug-likeness (QED) is 0.619. The first-order valence-electron chi connectivity index (χ1n) is 5.62. The van der Waals surface area contributed by atoms with Crippen molar-refractivity contribution in [2.75, 3.05) is 0 Å². The third kappa shape index (κ3) is 1.84. The van der Waals surface area contributed by atoms with Gasteiger partial charge in [-0.3, -0.25) is 0 Å². The minimum Gasteiger partial charge on any atom is -0.0622 e. The van der Waals surface area contributed by atoms with Crippen molar-refractivity contribution in [3.8, 4) is 0 Å². The average Bonchev–Trinajstić information content (AvgIpc) is 2.00. The zero-order valence-corrected chi connectivity index (χ0v) is 9.46. The van der Waals surface area contributed by atoms with Crippen LogP contribution in [0.3, 0.4) is 0 Å². The average molecular weight is 188 g/mol. The van der Waals surface area contributed by atoms with Gasteiger partial charge in [0, 0.05) is 0 Å². The van der Waals surface area contributed by atoms with Gasteiger partial charge in [-0.25, -0.2) is 0 Å². The highest BCUT2D eigenvalue weighted by Crippen LogP contribution is 2.49. The Balaban J connectivity index is 1.96. The molecule has 0 heterocycles. The SMILES string of the molecule is CC(C)(C)C1CC(c2ccccc2)C1. The Morgan fingerprint density at radius 2 is 1.57 bits per heavy atom. The van der Waals surface area contributed by atoms with Crippen LogP contribution in [-0.4, -0.2) is 0 Å². The van der Waals surface area contributed by atoms with Crippen LogP contribution in [0.4, 0.5) is 0 Å². The van der Waals surface area contributed by atoms with Gasteiger partial charge in [-0.2, -0.15) is 0 Å². The van der Waals surface area contributed by atoms with Crippen LogP contribution < -0.4 is 0 Å². The van der Waals surface area contributed by atoms with Crippen LogP contribution in [0.25, 0.3) is 0 Å². The maximum atomic E-state index is 2.36. The van der Waals surface area contributed by atoms with Gasteiger partial charge in [0.05, 0.1) is 0 Å². The van der Waals surface area contributed by atoms with Crippen LogP contribution >= 0.6 is 0 Å². The predicted octanol–water partition coefficient (Wildman–Crippen LogP) is 4.23. The largest absolute Gasteiger partial charge is 0.0622 e. The second-order valence-electron chi connectivity index (χ2n) is 5.64. The Morgan fingerprint density at radius 1 is 1.00 bits per heavy atom. The Morgan fingerprint density at radius 3 is 2.07 bits per heavy atom. The van der Waals surface area contributed by atoms with Crippen LogP contribution in [-0.2, 0) is 0 Å². The molecule has 0 nitrogen and oxygen atoms in total. The standard InChI is InChI=1S/C14H20/c1-14(2,3)13-9-12(10-13)11-7-5-4-6-8-11/h4-8,12-13H,9-10H2,1-3H3. The van der Waals surface area contributed by atoms with E-state index in [0.29, 0.717) is 5.41 Å². The maximum Gasteiger partial charge on any atom is -0.0156 e. The van der Waals surface area contributed by atoms with Gasteiger partial charge >= 0.3 is 0 Å². The monoisotopic (exact) mass is 188 g/mol. The molecule has 14 heavy (non-hydrogen) atoms. The van der Waals surface area contributed by atoms with Crippen molar-refractivity contribution in [1.82, 2.24) is 0 Å². The number of benzene rings is 1. The fourth-order valence-corrected chi connectivity index (χ4v) is 2.32. The minimum atomic E-state index is 0.505. The van der Waals surface area contributed by atoms with Crippen molar-refractivity contribution < 1.29 is 0 Å². The van der Waals surface area contributed by atoms with E-state index in [4.69, 9.17) is 0 Å². The van der Waals surface area contributed by atoms with Crippen LogP contribution in [0.15, 0.2) is 30.3 Å². The molecule has 1 aromatic carbocycles. The summed E-state index contributed by atoms with van der Waals surface area (Å²) in [4.78, 5) is 0. The number of hydrogen-bond donors (Lipinski definition) is 0. The van der Waals surface area contributed by atoms with E-state index in [9.17, 15) is 0 Å². The molecule has 0 bridgehead atoms. The second kappa shape index (κ2) is 3.42. The Hall–Kier alpha value is -0.780. The normalized spacial score (nSPS) is 27.1. The molecular weight excluding hydrogens is 168 g/mol. The molecule has 0 aromatic heterocycles. The molecule has 0 spiro atoms. The van der Waals surface area contributed by atoms with Crippen molar-refractivity contribution in [3.05, 3.63) is 35.9 Å². The molecule has 1 aromatic rings. The first-order chi connectivity index (χ1) is 6.57. The van der Waals surface area contributed by atoms with Crippen molar-refractivity contribution in [1.29, 1.82) is 0 Å². The van der Waals surface area contributed by atoms with Crippen molar-refractivity contribution in [2.45, 2.75) is 39.5 Å². The van der Waals surface area contributed by atoms with Gasteiger partial charge in [0.15, 0.2) is 0 Å². The van der Waals surface area contributed by atoms with Gasteiger partial charge in [-0.1, -0.05) is 51.1 Å². The van der Waals surface area contributed by atoms with E-state index in [-0.39, 0.29) is 0 Å². The molecule has 0 N–H and O–H groups in total. The van der Waals surface area contributed by atoms with E-state index in [2.05, 4.69) is 51.1 Å². The lowest BCUT2D eigenvalue weighted by Gasteiger charge is -2.44. The van der Waals surface area contributed by atoms with E-state index in [0.717, 1.165) is 11.8 Å². The molecule has 0 atom stereocenters. The summed E-state index contributed by atoms with van der Waals surface area (Å²) in [7, 11) is 0. The first-order valence-corrected chi connectivity index (χ1v) is 5.62. The van der Waals surface area contributed by atoms with Crippen LogP contribution in [0.1, 0.15) is 45.1 Å². The summed E-state index contributed by atoms with van der Waals surface area (Å²) < 4.78 is 0. The molecular formula is C14H20. The van der Waals surface area contributed by atoms with Crippen LogP contribution in [0.2, 0.25) is 0 Å². The molecule has 1 fully saturated rings. The zero-order chi connectivity index (χ0) is 10.2. The smallest absolute Gasteiger partial charge is 0.0156 e. The van der Waals surface area contributed by atoms with Crippen LogP contribution in [0.5, 0.6) is 0 Å². The van der Waals surface area contributed by atoms with Gasteiger partial charge in [-0.15, -0.1) is 0 Å². The van der Waals surface area contributed by atoms with Gasteiger partial charge in [0.2, 0.25) is 0 Å². The molecule has 0 heteroatoms. The van der Waals surface area contributed by atoms with E-state index in [1.54, 1.807) is 0 Å². The molecule has 0 radical (unpaired) electrons. The number of hydrogen-bond acceptors (Lipinski definition) is 0. The van der Waals surface area contributed by atoms with Crippen molar-refractivity contribution in [3.63, 3.8) is 0 Å².